The number of hydrogen-bond acceptors (Lipinski definition) is 5. The van der Waals surface area contributed by atoms with Crippen LogP contribution in [0.5, 0.6) is 0 Å². The Morgan fingerprint density at radius 2 is 1.58 bits per heavy atom. The van der Waals surface area contributed by atoms with Crippen molar-refractivity contribution in [3.63, 3.8) is 0 Å². The third-order valence-corrected chi connectivity index (χ3v) is 5.55. The lowest BCUT2D eigenvalue weighted by Gasteiger charge is -2.12. The normalized spacial score (nSPS) is 12.8. The number of nitrogens with one attached hydrogen (secondary N) is 1. The second-order valence-electron chi connectivity index (χ2n) is 5.20. The Morgan fingerprint density at radius 3 is 2.04 bits per heavy atom. The van der Waals surface area contributed by atoms with Gasteiger partial charge in [0.1, 0.15) is 0 Å². The van der Waals surface area contributed by atoms with Crippen LogP contribution in [0.2, 0.25) is 0 Å². The number of alkyl halides is 3. The number of benzene rings is 2. The molecule has 2 aromatic rings. The molecule has 0 aromatic heterocycles. The summed E-state index contributed by atoms with van der Waals surface area (Å²) >= 11 is 0.890. The molecule has 0 amide bonds. The molecule has 0 aliphatic heterocycles. The molecule has 6 nitrogen and oxygen atoms in total. The highest BCUT2D eigenvalue weighted by atomic mass is 32.2. The fraction of sp³-hybridized carbons (Fsp3) is 0.143. The standard InChI is InChI=1S/C14H13F3N2O4S3/c1-25(20,21)19-12-7-6-11(26(18,22)23)8-13(12)24-10-4-2-9(3-5-10)14(15,16)17/h2-8,19H,1H3,(H2,18,22,23). The predicted molar refractivity (Wildman–Crippen MR) is 91.8 cm³/mol. The zero-order chi connectivity index (χ0) is 19.8. The Hall–Kier alpha value is -1.76. The van der Waals surface area contributed by atoms with Crippen LogP contribution in [0.15, 0.2) is 57.2 Å². The van der Waals surface area contributed by atoms with Crippen LogP contribution in [-0.4, -0.2) is 23.1 Å². The van der Waals surface area contributed by atoms with Gasteiger partial charge in [-0.1, -0.05) is 11.8 Å². The molecule has 0 radical (unpaired) electrons. The molecule has 0 heterocycles. The molecule has 0 bridgehead atoms. The number of nitrogens with two attached hydrogens (primary N) is 1. The van der Waals surface area contributed by atoms with Crippen LogP contribution in [0.4, 0.5) is 18.9 Å². The molecule has 3 N–H and O–H groups in total. The van der Waals surface area contributed by atoms with Crippen LogP contribution in [0.3, 0.4) is 0 Å². The average molecular weight is 426 g/mol. The molecule has 0 aliphatic rings. The molecule has 2 aromatic carbocycles. The lowest BCUT2D eigenvalue weighted by Crippen LogP contribution is -2.14. The third kappa shape index (κ3) is 5.62. The van der Waals surface area contributed by atoms with Crippen LogP contribution >= 0.6 is 11.8 Å². The zero-order valence-corrected chi connectivity index (χ0v) is 15.6. The van der Waals surface area contributed by atoms with Crippen LogP contribution in [0, 0.1) is 0 Å². The monoisotopic (exact) mass is 426 g/mol. The topological polar surface area (TPSA) is 106 Å². The Balaban J connectivity index is 2.45. The Morgan fingerprint density at radius 1 is 1.00 bits per heavy atom. The van der Waals surface area contributed by atoms with Crippen molar-refractivity contribution < 1.29 is 30.0 Å². The third-order valence-electron chi connectivity index (χ3n) is 2.99. The summed E-state index contributed by atoms with van der Waals surface area (Å²) in [5.41, 5.74) is -0.764. The minimum absolute atomic E-state index is 0.0739. The molecular formula is C14H13F3N2O4S3. The smallest absolute Gasteiger partial charge is 0.283 e. The van der Waals surface area contributed by atoms with Crippen LogP contribution in [0.25, 0.3) is 0 Å². The van der Waals surface area contributed by atoms with Gasteiger partial charge in [0.15, 0.2) is 0 Å². The SMILES string of the molecule is CS(=O)(=O)Nc1ccc(S(N)(=O)=O)cc1Sc1ccc(C(F)(F)F)cc1. The van der Waals surface area contributed by atoms with Crippen molar-refractivity contribution in [2.45, 2.75) is 20.9 Å². The maximum Gasteiger partial charge on any atom is 0.416 e. The maximum atomic E-state index is 12.6. The van der Waals surface area contributed by atoms with Crippen molar-refractivity contribution in [2.75, 3.05) is 11.0 Å². The van der Waals surface area contributed by atoms with Gasteiger partial charge >= 0.3 is 6.18 Å². The van der Waals surface area contributed by atoms with Gasteiger partial charge < -0.3 is 0 Å². The molecule has 142 valence electrons. The second kappa shape index (κ2) is 7.10. The molecule has 0 spiro atoms. The number of rotatable bonds is 5. The molecule has 2 rings (SSSR count). The lowest BCUT2D eigenvalue weighted by atomic mass is 10.2. The summed E-state index contributed by atoms with van der Waals surface area (Å²) in [7, 11) is -7.70. The summed E-state index contributed by atoms with van der Waals surface area (Å²) in [6, 6.07) is 7.62. The summed E-state index contributed by atoms with van der Waals surface area (Å²) in [6.07, 6.45) is -3.58. The van der Waals surface area contributed by atoms with E-state index in [-0.39, 0.29) is 15.5 Å². The summed E-state index contributed by atoms with van der Waals surface area (Å²) in [6.45, 7) is 0. The zero-order valence-electron chi connectivity index (χ0n) is 13.1. The molecule has 0 aliphatic carbocycles. The van der Waals surface area contributed by atoms with Crippen LogP contribution in [0.1, 0.15) is 5.56 Å². The van der Waals surface area contributed by atoms with E-state index >= 15 is 0 Å². The molecule has 12 heteroatoms. The highest BCUT2D eigenvalue weighted by Crippen LogP contribution is 2.37. The van der Waals surface area contributed by atoms with Crippen molar-refractivity contribution in [3.05, 3.63) is 48.0 Å². The van der Waals surface area contributed by atoms with E-state index in [4.69, 9.17) is 5.14 Å². The molecule has 26 heavy (non-hydrogen) atoms. The Labute approximate surface area is 152 Å². The fourth-order valence-electron chi connectivity index (χ4n) is 1.89. The van der Waals surface area contributed by atoms with E-state index in [1.54, 1.807) is 0 Å². The predicted octanol–water partition coefficient (Wildman–Crippen LogP) is 2.88. The largest absolute Gasteiger partial charge is 0.416 e. The van der Waals surface area contributed by atoms with Gasteiger partial charge in [0.2, 0.25) is 20.0 Å². The van der Waals surface area contributed by atoms with Crippen LogP contribution < -0.4 is 9.86 Å². The molecular weight excluding hydrogens is 413 g/mol. The van der Waals surface area contributed by atoms with E-state index in [2.05, 4.69) is 4.72 Å². The molecule has 0 atom stereocenters. The van der Waals surface area contributed by atoms with E-state index in [1.807, 2.05) is 0 Å². The van der Waals surface area contributed by atoms with Gasteiger partial charge in [-0.25, -0.2) is 22.0 Å². The van der Waals surface area contributed by atoms with Gasteiger partial charge in [0, 0.05) is 9.79 Å². The molecule has 0 unspecified atom stereocenters. The highest BCUT2D eigenvalue weighted by Gasteiger charge is 2.30. The van der Waals surface area contributed by atoms with Crippen molar-refractivity contribution in [3.8, 4) is 0 Å². The highest BCUT2D eigenvalue weighted by molar-refractivity contribution is 7.99. The van der Waals surface area contributed by atoms with Crippen molar-refractivity contribution in [1.29, 1.82) is 0 Å². The Kier molecular flexibility index (Phi) is 5.61. The number of primary sulfonamides is 1. The van der Waals surface area contributed by atoms with E-state index in [0.29, 0.717) is 4.90 Å². The van der Waals surface area contributed by atoms with Crippen molar-refractivity contribution in [2.24, 2.45) is 5.14 Å². The van der Waals surface area contributed by atoms with E-state index < -0.39 is 31.8 Å². The molecule has 0 saturated carbocycles. The lowest BCUT2D eigenvalue weighted by molar-refractivity contribution is -0.137. The number of sulfonamides is 2. The van der Waals surface area contributed by atoms with Gasteiger partial charge in [-0.3, -0.25) is 4.72 Å². The fourth-order valence-corrected chi connectivity index (χ4v) is 4.08. The van der Waals surface area contributed by atoms with Crippen LogP contribution in [-0.2, 0) is 26.2 Å². The van der Waals surface area contributed by atoms with Gasteiger partial charge in [0.25, 0.3) is 0 Å². The summed E-state index contributed by atoms with van der Waals surface area (Å²) < 4.78 is 86.0. The minimum Gasteiger partial charge on any atom is -0.283 e. The quantitative estimate of drug-likeness (QED) is 0.765. The first-order valence-corrected chi connectivity index (χ1v) is 11.0. The van der Waals surface area contributed by atoms with Crippen molar-refractivity contribution >= 4 is 37.5 Å². The first kappa shape index (κ1) is 20.6. The van der Waals surface area contributed by atoms with E-state index in [0.717, 1.165) is 42.3 Å². The first-order valence-electron chi connectivity index (χ1n) is 6.75. The maximum absolute atomic E-state index is 12.6. The number of anilines is 1. The minimum atomic E-state index is -4.49. The average Bonchev–Trinajstić information content (AvgIpc) is 2.46. The van der Waals surface area contributed by atoms with Crippen molar-refractivity contribution in [1.82, 2.24) is 0 Å². The number of hydrogen-bond donors (Lipinski definition) is 2. The summed E-state index contributed by atoms with van der Waals surface area (Å²) in [5.74, 6) is 0. The number of halogens is 3. The molecule has 0 fully saturated rings. The first-order chi connectivity index (χ1) is 11.8. The van der Waals surface area contributed by atoms with E-state index in [9.17, 15) is 30.0 Å². The summed E-state index contributed by atoms with van der Waals surface area (Å²) in [5, 5.41) is 5.06. The Bertz CT molecular complexity index is 1020. The van der Waals surface area contributed by atoms with E-state index in [1.165, 1.54) is 18.2 Å². The van der Waals surface area contributed by atoms with Gasteiger partial charge in [-0.15, -0.1) is 0 Å². The van der Waals surface area contributed by atoms with Gasteiger partial charge in [-0.2, -0.15) is 13.2 Å². The molecule has 0 saturated heterocycles. The van der Waals surface area contributed by atoms with Gasteiger partial charge in [-0.05, 0) is 42.5 Å². The summed E-state index contributed by atoms with van der Waals surface area (Å²) in [4.78, 5) is 0.258. The van der Waals surface area contributed by atoms with Gasteiger partial charge in [0.05, 0.1) is 22.4 Å². The second-order valence-corrected chi connectivity index (χ2v) is 9.63.